The number of hydrogen-bond acceptors (Lipinski definition) is 3. The first-order valence-corrected chi connectivity index (χ1v) is 7.07. The van der Waals surface area contributed by atoms with Crippen molar-refractivity contribution in [1.82, 2.24) is 4.57 Å². The molecular weight excluding hydrogens is 360 g/mol. The van der Waals surface area contributed by atoms with E-state index in [0.717, 1.165) is 22.9 Å². The summed E-state index contributed by atoms with van der Waals surface area (Å²) in [4.78, 5) is 24.1. The van der Waals surface area contributed by atoms with Crippen molar-refractivity contribution >= 4 is 24.3 Å². The molecule has 3 aromatic rings. The Balaban J connectivity index is 2.35. The minimum Gasteiger partial charge on any atom is -0.474 e. The van der Waals surface area contributed by atoms with Gasteiger partial charge in [0.05, 0.1) is 10.9 Å². The van der Waals surface area contributed by atoms with Gasteiger partial charge < -0.3 is 9.22 Å². The monoisotopic (exact) mass is 367 g/mol. The summed E-state index contributed by atoms with van der Waals surface area (Å²) < 4.78 is 69.7. The highest BCUT2D eigenvalue weighted by molar-refractivity contribution is 6.38. The van der Waals surface area contributed by atoms with E-state index >= 15 is 0 Å². The van der Waals surface area contributed by atoms with Crippen molar-refractivity contribution in [3.63, 3.8) is 0 Å². The number of hydrogen-bond donors (Lipinski definition) is 0. The first-order chi connectivity index (χ1) is 12.3. The molecule has 0 amide bonds. The second-order valence-electron chi connectivity index (χ2n) is 5.17. The average molecular weight is 367 g/mol. The van der Waals surface area contributed by atoms with E-state index in [4.69, 9.17) is 0 Å². The largest absolute Gasteiger partial charge is 0.798 e. The number of rotatable bonds is 3. The molecule has 0 radical (unpaired) electrons. The number of pyridine rings is 1. The molecule has 10 heteroatoms. The molecule has 0 aliphatic carbocycles. The molecule has 0 N–H and O–H groups in total. The molecule has 3 rings (SSSR count). The molecule has 1 heterocycles. The number of carbonyl (C=O) groups excluding carboxylic acids is 1. The van der Waals surface area contributed by atoms with Crippen molar-refractivity contribution in [2.45, 2.75) is 0 Å². The number of halogens is 5. The molecule has 132 valence electrons. The molecule has 0 aliphatic rings. The lowest BCUT2D eigenvalue weighted by Crippen LogP contribution is -2.23. The summed E-state index contributed by atoms with van der Waals surface area (Å²) >= 11 is 0. The van der Waals surface area contributed by atoms with Crippen LogP contribution in [0.4, 0.5) is 21.8 Å². The van der Waals surface area contributed by atoms with Crippen LogP contribution in [0, 0.1) is 17.5 Å². The zero-order valence-corrected chi connectivity index (χ0v) is 12.7. The molecule has 0 atom stereocenters. The van der Waals surface area contributed by atoms with Crippen molar-refractivity contribution in [2.24, 2.45) is 0 Å². The van der Waals surface area contributed by atoms with E-state index in [9.17, 15) is 31.4 Å². The molecule has 4 nitrogen and oxygen atoms in total. The van der Waals surface area contributed by atoms with Gasteiger partial charge in [-0.3, -0.25) is 4.79 Å². The third-order valence-electron chi connectivity index (χ3n) is 3.57. The Morgan fingerprint density at radius 1 is 1.00 bits per heavy atom. The van der Waals surface area contributed by atoms with E-state index in [1.54, 1.807) is 0 Å². The smallest absolute Gasteiger partial charge is 0.474 e. The Hall–Kier alpha value is -3.17. The summed E-state index contributed by atoms with van der Waals surface area (Å²) in [5.74, 6) is -4.85. The number of nitrogens with zero attached hydrogens (tertiary/aromatic N) is 1. The van der Waals surface area contributed by atoms with Crippen molar-refractivity contribution < 1.29 is 31.3 Å². The van der Waals surface area contributed by atoms with Crippen LogP contribution in [0.2, 0.25) is 0 Å². The molecule has 0 fully saturated rings. The standard InChI is InChI=1S/C16H7BF5NO3/c18-8-1-3-9(4-2-8)23-7-11(16(25)26-17(21)22)15(24)10-5-12(19)13(20)6-14(10)23/h1-7H. The summed E-state index contributed by atoms with van der Waals surface area (Å²) in [6.45, 7) is 0. The van der Waals surface area contributed by atoms with Gasteiger partial charge in [-0.2, -0.15) is 0 Å². The van der Waals surface area contributed by atoms with Crippen LogP contribution < -0.4 is 5.43 Å². The van der Waals surface area contributed by atoms with Crippen molar-refractivity contribution in [2.75, 3.05) is 0 Å². The summed E-state index contributed by atoms with van der Waals surface area (Å²) in [6.07, 6.45) is 0.847. The van der Waals surface area contributed by atoms with Crippen LogP contribution in [-0.4, -0.2) is 18.0 Å². The average Bonchev–Trinajstić information content (AvgIpc) is 2.57. The molecule has 0 saturated heterocycles. The molecule has 0 spiro atoms. The van der Waals surface area contributed by atoms with Gasteiger partial charge in [0, 0.05) is 18.0 Å². The van der Waals surface area contributed by atoms with Gasteiger partial charge in [-0.15, -0.1) is 0 Å². The number of aromatic nitrogens is 1. The fourth-order valence-electron chi connectivity index (χ4n) is 2.42. The molecule has 0 saturated carbocycles. The third-order valence-corrected chi connectivity index (χ3v) is 3.57. The highest BCUT2D eigenvalue weighted by Gasteiger charge is 2.26. The van der Waals surface area contributed by atoms with Crippen molar-refractivity contribution in [3.8, 4) is 5.69 Å². The molecule has 26 heavy (non-hydrogen) atoms. The topological polar surface area (TPSA) is 48.3 Å². The minimum atomic E-state index is -3.47. The van der Waals surface area contributed by atoms with E-state index in [2.05, 4.69) is 4.65 Å². The van der Waals surface area contributed by atoms with Gasteiger partial charge in [0.2, 0.25) is 5.43 Å². The summed E-state index contributed by atoms with van der Waals surface area (Å²) in [5, 5.41) is -0.433. The lowest BCUT2D eigenvalue weighted by molar-refractivity contribution is 0.0693. The van der Waals surface area contributed by atoms with Crippen LogP contribution >= 0.6 is 0 Å². The van der Waals surface area contributed by atoms with Crippen molar-refractivity contribution in [1.29, 1.82) is 0 Å². The molecular formula is C16H7BF5NO3. The highest BCUT2D eigenvalue weighted by atomic mass is 19.2. The first kappa shape index (κ1) is 17.7. The highest BCUT2D eigenvalue weighted by Crippen LogP contribution is 2.21. The Bertz CT molecular complexity index is 1070. The lowest BCUT2D eigenvalue weighted by Gasteiger charge is -2.13. The normalized spacial score (nSPS) is 10.8. The summed E-state index contributed by atoms with van der Waals surface area (Å²) in [7, 11) is -3.47. The fraction of sp³-hybridized carbons (Fsp3) is 0. The number of carbonyl (C=O) groups is 1. The van der Waals surface area contributed by atoms with Gasteiger partial charge >= 0.3 is 13.4 Å². The lowest BCUT2D eigenvalue weighted by atomic mass is 10.1. The van der Waals surface area contributed by atoms with Crippen LogP contribution in [0.15, 0.2) is 47.4 Å². The van der Waals surface area contributed by atoms with Crippen molar-refractivity contribution in [3.05, 3.63) is 75.8 Å². The molecule has 0 aliphatic heterocycles. The third kappa shape index (κ3) is 3.17. The predicted molar refractivity (Wildman–Crippen MR) is 82.8 cm³/mol. The predicted octanol–water partition coefficient (Wildman–Crippen LogP) is 3.49. The van der Waals surface area contributed by atoms with E-state index in [1.807, 2.05) is 0 Å². The van der Waals surface area contributed by atoms with E-state index in [1.165, 1.54) is 12.1 Å². The Kier molecular flexibility index (Phi) is 4.50. The number of fused-ring (bicyclic) bond motifs is 1. The molecule has 0 bridgehead atoms. The number of benzene rings is 2. The zero-order chi connectivity index (χ0) is 19.0. The van der Waals surface area contributed by atoms with Crippen LogP contribution in [0.1, 0.15) is 10.4 Å². The Morgan fingerprint density at radius 2 is 1.62 bits per heavy atom. The van der Waals surface area contributed by atoms with Gasteiger partial charge in [-0.1, -0.05) is 0 Å². The van der Waals surface area contributed by atoms with Gasteiger partial charge in [-0.05, 0) is 30.3 Å². The van der Waals surface area contributed by atoms with E-state index in [-0.39, 0.29) is 11.2 Å². The maximum absolute atomic E-state index is 13.6. The second-order valence-corrected chi connectivity index (χ2v) is 5.17. The first-order valence-electron chi connectivity index (χ1n) is 7.07. The van der Waals surface area contributed by atoms with Crippen LogP contribution in [0.3, 0.4) is 0 Å². The van der Waals surface area contributed by atoms with Crippen LogP contribution in [0.25, 0.3) is 16.6 Å². The zero-order valence-electron chi connectivity index (χ0n) is 12.7. The maximum Gasteiger partial charge on any atom is 0.798 e. The SMILES string of the molecule is O=C(OB(F)F)c1cn(-c2ccc(F)cc2)c2cc(F)c(F)cc2c1=O. The van der Waals surface area contributed by atoms with Crippen LogP contribution in [0.5, 0.6) is 0 Å². The van der Waals surface area contributed by atoms with E-state index < -0.39 is 47.3 Å². The fourth-order valence-corrected chi connectivity index (χ4v) is 2.42. The minimum absolute atomic E-state index is 0.144. The van der Waals surface area contributed by atoms with Gasteiger partial charge in [-0.25, -0.2) is 26.6 Å². The Morgan fingerprint density at radius 3 is 2.23 bits per heavy atom. The summed E-state index contributed by atoms with van der Waals surface area (Å²) in [5.41, 5.74) is -1.89. The van der Waals surface area contributed by atoms with Gasteiger partial charge in [0.25, 0.3) is 0 Å². The van der Waals surface area contributed by atoms with Gasteiger partial charge in [0.15, 0.2) is 11.6 Å². The Labute approximate surface area is 142 Å². The molecule has 1 aromatic heterocycles. The second kappa shape index (κ2) is 6.62. The summed E-state index contributed by atoms with van der Waals surface area (Å²) in [6, 6.07) is 5.84. The van der Waals surface area contributed by atoms with E-state index in [0.29, 0.717) is 12.1 Å². The van der Waals surface area contributed by atoms with Crippen LogP contribution in [-0.2, 0) is 4.65 Å². The van der Waals surface area contributed by atoms with Gasteiger partial charge in [0.1, 0.15) is 11.4 Å². The molecule has 0 unspecified atom stereocenters. The molecule has 2 aromatic carbocycles. The maximum atomic E-state index is 13.6. The quantitative estimate of drug-likeness (QED) is 0.526.